The number of aryl methyl sites for hydroxylation is 1. The molecule has 0 amide bonds. The van der Waals surface area contributed by atoms with Crippen molar-refractivity contribution in [2.75, 3.05) is 7.05 Å². The van der Waals surface area contributed by atoms with E-state index in [4.69, 9.17) is 10.9 Å². The lowest BCUT2D eigenvalue weighted by Crippen LogP contribution is -2.43. The molecule has 1 atom stereocenters. The van der Waals surface area contributed by atoms with Crippen LogP contribution in [0.5, 0.6) is 0 Å². The number of sulfonamides is 1. The summed E-state index contributed by atoms with van der Waals surface area (Å²) in [5.41, 5.74) is 5.37. The number of amidine groups is 1. The van der Waals surface area contributed by atoms with E-state index in [1.165, 1.54) is 31.0 Å². The molecule has 3 N–H and O–H groups in total. The van der Waals surface area contributed by atoms with Gasteiger partial charge in [0, 0.05) is 20.3 Å². The van der Waals surface area contributed by atoms with Crippen molar-refractivity contribution in [2.24, 2.45) is 17.9 Å². The molecule has 0 radical (unpaired) electrons. The summed E-state index contributed by atoms with van der Waals surface area (Å²) in [6.07, 6.45) is 2.62. The second-order valence-electron chi connectivity index (χ2n) is 3.57. The van der Waals surface area contributed by atoms with E-state index >= 15 is 0 Å². The molecule has 0 aliphatic carbocycles. The number of oxime groups is 1. The Hall–Kier alpha value is -1.61. The Morgan fingerprint density at radius 1 is 1.71 bits per heavy atom. The van der Waals surface area contributed by atoms with Crippen LogP contribution < -0.4 is 5.73 Å². The van der Waals surface area contributed by atoms with E-state index in [1.807, 2.05) is 0 Å². The highest BCUT2D eigenvalue weighted by Gasteiger charge is 2.28. The lowest BCUT2D eigenvalue weighted by atomic mass is 10.3. The van der Waals surface area contributed by atoms with Gasteiger partial charge in [-0.25, -0.2) is 8.42 Å². The zero-order chi connectivity index (χ0) is 13.2. The fraction of sp³-hybridized carbons (Fsp3) is 0.500. The van der Waals surface area contributed by atoms with Crippen LogP contribution in [-0.2, 0) is 17.1 Å². The lowest BCUT2D eigenvalue weighted by molar-refractivity contribution is 0.311. The highest BCUT2D eigenvalue weighted by molar-refractivity contribution is 7.89. The second kappa shape index (κ2) is 4.72. The van der Waals surface area contributed by atoms with Gasteiger partial charge in [0.15, 0.2) is 5.84 Å². The smallest absolute Gasteiger partial charge is 0.246 e. The normalized spacial score (nSPS) is 15.2. The molecule has 0 aromatic carbocycles. The van der Waals surface area contributed by atoms with E-state index < -0.39 is 16.1 Å². The van der Waals surface area contributed by atoms with Crippen molar-refractivity contribution >= 4 is 15.9 Å². The van der Waals surface area contributed by atoms with E-state index in [0.29, 0.717) is 0 Å². The van der Waals surface area contributed by atoms with Crippen LogP contribution in [0.1, 0.15) is 6.92 Å². The van der Waals surface area contributed by atoms with E-state index in [0.717, 1.165) is 4.31 Å². The average molecular weight is 261 g/mol. The summed E-state index contributed by atoms with van der Waals surface area (Å²) in [6, 6.07) is -0.745. The topological polar surface area (TPSA) is 114 Å². The Morgan fingerprint density at radius 2 is 2.29 bits per heavy atom. The van der Waals surface area contributed by atoms with Gasteiger partial charge in [-0.3, -0.25) is 4.68 Å². The molecule has 0 fully saturated rings. The lowest BCUT2D eigenvalue weighted by Gasteiger charge is -2.22. The van der Waals surface area contributed by atoms with Crippen LogP contribution >= 0.6 is 0 Å². The van der Waals surface area contributed by atoms with Gasteiger partial charge < -0.3 is 10.9 Å². The highest BCUT2D eigenvalue weighted by Crippen LogP contribution is 2.15. The van der Waals surface area contributed by atoms with Gasteiger partial charge >= 0.3 is 0 Å². The van der Waals surface area contributed by atoms with Crippen LogP contribution in [0.4, 0.5) is 0 Å². The largest absolute Gasteiger partial charge is 0.409 e. The van der Waals surface area contributed by atoms with Crippen molar-refractivity contribution in [2.45, 2.75) is 17.9 Å². The van der Waals surface area contributed by atoms with Crippen LogP contribution in [0.25, 0.3) is 0 Å². The molecule has 1 heterocycles. The summed E-state index contributed by atoms with van der Waals surface area (Å²) in [5, 5.41) is 15.1. The number of likely N-dealkylation sites (N-methyl/N-ethyl adjacent to an activating group) is 1. The molecule has 0 aliphatic rings. The second-order valence-corrected chi connectivity index (χ2v) is 5.57. The van der Waals surface area contributed by atoms with Crippen LogP contribution in [-0.4, -0.2) is 46.6 Å². The third-order valence-corrected chi connectivity index (χ3v) is 4.33. The van der Waals surface area contributed by atoms with Gasteiger partial charge in [-0.15, -0.1) is 0 Å². The van der Waals surface area contributed by atoms with E-state index in [9.17, 15) is 8.42 Å². The highest BCUT2D eigenvalue weighted by atomic mass is 32.2. The van der Waals surface area contributed by atoms with Crippen LogP contribution in [0, 0.1) is 0 Å². The van der Waals surface area contributed by atoms with Crippen molar-refractivity contribution in [1.82, 2.24) is 14.1 Å². The van der Waals surface area contributed by atoms with Gasteiger partial charge in [0.25, 0.3) is 0 Å². The maximum Gasteiger partial charge on any atom is 0.246 e. The first kappa shape index (κ1) is 13.5. The quantitative estimate of drug-likeness (QED) is 0.318. The van der Waals surface area contributed by atoms with Gasteiger partial charge in [0.05, 0.1) is 12.2 Å². The Labute approximate surface area is 99.4 Å². The van der Waals surface area contributed by atoms with Crippen LogP contribution in [0.15, 0.2) is 22.4 Å². The Kier molecular flexibility index (Phi) is 3.73. The number of hydrogen-bond donors (Lipinski definition) is 2. The number of rotatable bonds is 4. The Balaban J connectivity index is 3.07. The molecule has 9 heteroatoms. The summed E-state index contributed by atoms with van der Waals surface area (Å²) in [4.78, 5) is 0.0556. The van der Waals surface area contributed by atoms with E-state index in [-0.39, 0.29) is 10.7 Å². The van der Waals surface area contributed by atoms with Gasteiger partial charge in [0.2, 0.25) is 10.0 Å². The standard InChI is InChI=1S/C8H15N5O3S/c1-6(8(9)11-14)13(3)17(15,16)7-4-10-12(2)5-7/h4-6,14H,1-3H3,(H2,9,11). The molecule has 0 aliphatic heterocycles. The van der Waals surface area contributed by atoms with Gasteiger partial charge in [-0.2, -0.15) is 9.40 Å². The Bertz CT molecular complexity index is 521. The van der Waals surface area contributed by atoms with Crippen LogP contribution in [0.3, 0.4) is 0 Å². The zero-order valence-corrected chi connectivity index (χ0v) is 10.6. The average Bonchev–Trinajstić information content (AvgIpc) is 2.73. The molecular weight excluding hydrogens is 246 g/mol. The first-order chi connectivity index (χ1) is 7.80. The summed E-state index contributed by atoms with van der Waals surface area (Å²) in [6.45, 7) is 1.52. The number of nitrogens with zero attached hydrogens (tertiary/aromatic N) is 4. The van der Waals surface area contributed by atoms with Crippen molar-refractivity contribution < 1.29 is 13.6 Å². The summed E-state index contributed by atoms with van der Waals surface area (Å²) in [5.74, 6) is -0.181. The number of hydrogen-bond acceptors (Lipinski definition) is 5. The predicted octanol–water partition coefficient (Wildman–Crippen LogP) is -0.824. The molecule has 1 aromatic rings. The zero-order valence-electron chi connectivity index (χ0n) is 9.77. The molecule has 1 aromatic heterocycles. The molecule has 0 saturated carbocycles. The minimum Gasteiger partial charge on any atom is -0.409 e. The fourth-order valence-corrected chi connectivity index (χ4v) is 2.50. The molecule has 8 nitrogen and oxygen atoms in total. The SMILES string of the molecule is CC(C(N)=NO)N(C)S(=O)(=O)c1cnn(C)c1. The minimum atomic E-state index is -3.69. The minimum absolute atomic E-state index is 0.0556. The summed E-state index contributed by atoms with van der Waals surface area (Å²) in [7, 11) is -0.725. The number of nitrogens with two attached hydrogens (primary N) is 1. The van der Waals surface area contributed by atoms with E-state index in [2.05, 4.69) is 10.3 Å². The molecule has 0 bridgehead atoms. The third-order valence-electron chi connectivity index (χ3n) is 2.45. The van der Waals surface area contributed by atoms with E-state index in [1.54, 1.807) is 7.05 Å². The molecule has 1 unspecified atom stereocenters. The molecule has 0 spiro atoms. The first-order valence-corrected chi connectivity index (χ1v) is 6.18. The number of aromatic nitrogens is 2. The van der Waals surface area contributed by atoms with Crippen molar-refractivity contribution in [3.8, 4) is 0 Å². The molecular formula is C8H15N5O3S. The van der Waals surface area contributed by atoms with Crippen molar-refractivity contribution in [1.29, 1.82) is 0 Å². The van der Waals surface area contributed by atoms with Gasteiger partial charge in [-0.1, -0.05) is 5.16 Å². The van der Waals surface area contributed by atoms with Crippen LogP contribution in [0.2, 0.25) is 0 Å². The maximum atomic E-state index is 12.1. The fourth-order valence-electron chi connectivity index (χ4n) is 1.18. The third kappa shape index (κ3) is 2.56. The Morgan fingerprint density at radius 3 is 2.71 bits per heavy atom. The summed E-state index contributed by atoms with van der Waals surface area (Å²) >= 11 is 0. The molecule has 0 saturated heterocycles. The van der Waals surface area contributed by atoms with Gasteiger partial charge in [-0.05, 0) is 6.92 Å². The maximum absolute atomic E-state index is 12.1. The molecule has 96 valence electrons. The molecule has 1 rings (SSSR count). The van der Waals surface area contributed by atoms with Gasteiger partial charge in [0.1, 0.15) is 4.90 Å². The summed E-state index contributed by atoms with van der Waals surface area (Å²) < 4.78 is 26.6. The monoisotopic (exact) mass is 261 g/mol. The predicted molar refractivity (Wildman–Crippen MR) is 61.0 cm³/mol. The first-order valence-electron chi connectivity index (χ1n) is 4.74. The van der Waals surface area contributed by atoms with Crippen molar-refractivity contribution in [3.05, 3.63) is 12.4 Å². The molecule has 17 heavy (non-hydrogen) atoms. The van der Waals surface area contributed by atoms with Crippen molar-refractivity contribution in [3.63, 3.8) is 0 Å².